The fourth-order valence-corrected chi connectivity index (χ4v) is 2.58. The normalized spacial score (nSPS) is 22.8. The quantitative estimate of drug-likeness (QED) is 0.775. The summed E-state index contributed by atoms with van der Waals surface area (Å²) in [5, 5.41) is 3.10. The molecule has 0 radical (unpaired) electrons. The minimum absolute atomic E-state index is 0.0254. The molecule has 0 aromatic rings. The summed E-state index contributed by atoms with van der Waals surface area (Å²) in [4.78, 5) is 12.0. The van der Waals surface area contributed by atoms with Gasteiger partial charge in [-0.1, -0.05) is 39.5 Å². The molecule has 0 saturated heterocycles. The first-order valence-electron chi connectivity index (χ1n) is 7.12. The molecule has 1 amide bonds. The molecule has 3 N–H and O–H groups in total. The highest BCUT2D eigenvalue weighted by molar-refractivity contribution is 5.82. The van der Waals surface area contributed by atoms with Crippen molar-refractivity contribution in [3.05, 3.63) is 0 Å². The van der Waals surface area contributed by atoms with Crippen LogP contribution in [0.15, 0.2) is 0 Å². The smallest absolute Gasteiger partial charge is 0.237 e. The average molecular weight is 240 g/mol. The van der Waals surface area contributed by atoms with Gasteiger partial charge in [-0.25, -0.2) is 0 Å². The maximum absolute atomic E-state index is 12.0. The molecule has 1 rings (SSSR count). The topological polar surface area (TPSA) is 55.1 Å². The van der Waals surface area contributed by atoms with E-state index in [0.29, 0.717) is 5.92 Å². The lowest BCUT2D eigenvalue weighted by Crippen LogP contribution is -2.49. The number of nitrogens with one attached hydrogen (secondary N) is 1. The van der Waals surface area contributed by atoms with Gasteiger partial charge in [0.15, 0.2) is 0 Å². The number of hydrogen-bond donors (Lipinski definition) is 2. The van der Waals surface area contributed by atoms with Crippen molar-refractivity contribution in [1.82, 2.24) is 5.32 Å². The highest BCUT2D eigenvalue weighted by atomic mass is 16.2. The Morgan fingerprint density at radius 1 is 1.29 bits per heavy atom. The predicted octanol–water partition coefficient (Wildman–Crippen LogP) is 2.44. The van der Waals surface area contributed by atoms with Crippen LogP contribution in [-0.4, -0.2) is 18.0 Å². The minimum Gasteiger partial charge on any atom is -0.352 e. The molecule has 1 aliphatic rings. The van der Waals surface area contributed by atoms with Crippen molar-refractivity contribution in [1.29, 1.82) is 0 Å². The second-order valence-corrected chi connectivity index (χ2v) is 5.61. The molecule has 1 saturated carbocycles. The van der Waals surface area contributed by atoms with Gasteiger partial charge in [0, 0.05) is 6.04 Å². The van der Waals surface area contributed by atoms with Crippen molar-refractivity contribution in [3.8, 4) is 0 Å². The van der Waals surface area contributed by atoms with Gasteiger partial charge >= 0.3 is 0 Å². The lowest BCUT2D eigenvalue weighted by molar-refractivity contribution is -0.124. The number of rotatable bonds is 5. The van der Waals surface area contributed by atoms with Crippen molar-refractivity contribution in [2.45, 2.75) is 71.4 Å². The molecule has 17 heavy (non-hydrogen) atoms. The molecular formula is C14H28N2O. The van der Waals surface area contributed by atoms with E-state index in [1.165, 1.54) is 32.1 Å². The molecule has 3 atom stereocenters. The first-order chi connectivity index (χ1) is 8.06. The summed E-state index contributed by atoms with van der Waals surface area (Å²) in [5.74, 6) is 0.933. The Bertz CT molecular complexity index is 236. The highest BCUT2D eigenvalue weighted by Gasteiger charge is 2.25. The van der Waals surface area contributed by atoms with Crippen molar-refractivity contribution in [2.75, 3.05) is 0 Å². The lowest BCUT2D eigenvalue weighted by Gasteiger charge is -2.29. The average Bonchev–Trinajstić information content (AvgIpc) is 2.37. The second kappa shape index (κ2) is 7.00. The minimum atomic E-state index is -0.356. The summed E-state index contributed by atoms with van der Waals surface area (Å²) in [6, 6.07) is -0.0797. The molecule has 1 aliphatic carbocycles. The zero-order valence-corrected chi connectivity index (χ0v) is 11.5. The zero-order valence-electron chi connectivity index (χ0n) is 11.5. The Morgan fingerprint density at radius 3 is 2.41 bits per heavy atom. The Kier molecular flexibility index (Phi) is 5.96. The summed E-state index contributed by atoms with van der Waals surface area (Å²) < 4.78 is 0. The summed E-state index contributed by atoms with van der Waals surface area (Å²) >= 11 is 0. The van der Waals surface area contributed by atoms with Crippen LogP contribution >= 0.6 is 0 Å². The molecule has 3 nitrogen and oxygen atoms in total. The van der Waals surface area contributed by atoms with Gasteiger partial charge in [0.05, 0.1) is 6.04 Å². The first-order valence-corrected chi connectivity index (χ1v) is 7.12. The van der Waals surface area contributed by atoms with E-state index in [9.17, 15) is 4.79 Å². The van der Waals surface area contributed by atoms with Crippen molar-refractivity contribution < 1.29 is 4.79 Å². The van der Waals surface area contributed by atoms with Crippen LogP contribution < -0.4 is 11.1 Å². The number of nitrogens with two attached hydrogens (primary N) is 1. The van der Waals surface area contributed by atoms with E-state index < -0.39 is 0 Å². The van der Waals surface area contributed by atoms with E-state index in [2.05, 4.69) is 19.2 Å². The number of amides is 1. The predicted molar refractivity (Wildman–Crippen MR) is 71.6 cm³/mol. The van der Waals surface area contributed by atoms with E-state index in [-0.39, 0.29) is 23.9 Å². The number of carbonyl (C=O) groups is 1. The van der Waals surface area contributed by atoms with Crippen molar-refractivity contribution >= 4 is 5.91 Å². The van der Waals surface area contributed by atoms with E-state index >= 15 is 0 Å². The van der Waals surface area contributed by atoms with Crippen molar-refractivity contribution in [3.63, 3.8) is 0 Å². The van der Waals surface area contributed by atoms with Gasteiger partial charge in [-0.05, 0) is 31.6 Å². The van der Waals surface area contributed by atoms with Crippen LogP contribution in [0.25, 0.3) is 0 Å². The molecule has 0 aliphatic heterocycles. The van der Waals surface area contributed by atoms with E-state index in [1.807, 2.05) is 6.92 Å². The van der Waals surface area contributed by atoms with Gasteiger partial charge in [0.2, 0.25) is 5.91 Å². The fourth-order valence-electron chi connectivity index (χ4n) is 2.58. The molecule has 0 spiro atoms. The van der Waals surface area contributed by atoms with E-state index in [1.54, 1.807) is 0 Å². The Balaban J connectivity index is 2.38. The Labute approximate surface area is 106 Å². The first kappa shape index (κ1) is 14.5. The molecule has 0 aromatic carbocycles. The standard InChI is InChI=1S/C14H28N2O/c1-4-10(2)13(15)14(17)16-11(3)12-8-6-5-7-9-12/h10-13H,4-9,15H2,1-3H3,(H,16,17)/t10?,11-,13+/m1/s1. The van der Waals surface area contributed by atoms with Gasteiger partial charge in [0.25, 0.3) is 0 Å². The Hall–Kier alpha value is -0.570. The molecule has 0 heterocycles. The van der Waals surface area contributed by atoms with E-state index in [4.69, 9.17) is 5.73 Å². The largest absolute Gasteiger partial charge is 0.352 e. The monoisotopic (exact) mass is 240 g/mol. The SMILES string of the molecule is CCC(C)[C@H](N)C(=O)N[C@H](C)C1CCCCC1. The van der Waals surface area contributed by atoms with Gasteiger partial charge in [0.1, 0.15) is 0 Å². The maximum Gasteiger partial charge on any atom is 0.237 e. The fraction of sp³-hybridized carbons (Fsp3) is 0.929. The molecule has 0 aromatic heterocycles. The maximum atomic E-state index is 12.0. The van der Waals surface area contributed by atoms with Crippen LogP contribution in [-0.2, 0) is 4.79 Å². The summed E-state index contributed by atoms with van der Waals surface area (Å²) in [7, 11) is 0. The van der Waals surface area contributed by atoms with Gasteiger partial charge in [-0.2, -0.15) is 0 Å². The van der Waals surface area contributed by atoms with Crippen LogP contribution in [0, 0.1) is 11.8 Å². The van der Waals surface area contributed by atoms with Crippen LogP contribution in [0.1, 0.15) is 59.3 Å². The van der Waals surface area contributed by atoms with Crippen LogP contribution in [0.2, 0.25) is 0 Å². The second-order valence-electron chi connectivity index (χ2n) is 5.61. The molecule has 1 fully saturated rings. The zero-order chi connectivity index (χ0) is 12.8. The number of carbonyl (C=O) groups excluding carboxylic acids is 1. The van der Waals surface area contributed by atoms with Crippen LogP contribution in [0.5, 0.6) is 0 Å². The van der Waals surface area contributed by atoms with E-state index in [0.717, 1.165) is 6.42 Å². The molecular weight excluding hydrogens is 212 g/mol. The molecule has 100 valence electrons. The van der Waals surface area contributed by atoms with Gasteiger partial charge in [-0.15, -0.1) is 0 Å². The third kappa shape index (κ3) is 4.30. The molecule has 3 heteroatoms. The third-order valence-corrected chi connectivity index (χ3v) is 4.29. The Morgan fingerprint density at radius 2 is 1.88 bits per heavy atom. The summed E-state index contributed by atoms with van der Waals surface area (Å²) in [5.41, 5.74) is 5.94. The summed E-state index contributed by atoms with van der Waals surface area (Å²) in [6.07, 6.45) is 7.42. The molecule has 0 bridgehead atoms. The van der Waals surface area contributed by atoms with Gasteiger partial charge < -0.3 is 11.1 Å². The van der Waals surface area contributed by atoms with Gasteiger partial charge in [-0.3, -0.25) is 4.79 Å². The molecule has 1 unspecified atom stereocenters. The van der Waals surface area contributed by atoms with Crippen LogP contribution in [0.3, 0.4) is 0 Å². The number of hydrogen-bond acceptors (Lipinski definition) is 2. The third-order valence-electron chi connectivity index (χ3n) is 4.29. The van der Waals surface area contributed by atoms with Crippen molar-refractivity contribution in [2.24, 2.45) is 17.6 Å². The highest BCUT2D eigenvalue weighted by Crippen LogP contribution is 2.26. The summed E-state index contributed by atoms with van der Waals surface area (Å²) in [6.45, 7) is 6.23. The lowest BCUT2D eigenvalue weighted by atomic mass is 9.84. The van der Waals surface area contributed by atoms with Crippen LogP contribution in [0.4, 0.5) is 0 Å².